The van der Waals surface area contributed by atoms with Gasteiger partial charge in [0.15, 0.2) is 0 Å². The van der Waals surface area contributed by atoms with Gasteiger partial charge in [-0.3, -0.25) is 0 Å². The second-order valence-corrected chi connectivity index (χ2v) is 5.46. The van der Waals surface area contributed by atoms with Crippen molar-refractivity contribution in [1.29, 1.82) is 0 Å². The van der Waals surface area contributed by atoms with Crippen LogP contribution in [0.5, 0.6) is 0 Å². The lowest BCUT2D eigenvalue weighted by atomic mass is 10.2. The molecule has 1 aliphatic heterocycles. The molecule has 90 valence electrons. The molecule has 0 unspecified atom stereocenters. The van der Waals surface area contributed by atoms with Crippen LogP contribution in [0, 0.1) is 0 Å². The first-order valence-electron chi connectivity index (χ1n) is 5.30. The van der Waals surface area contributed by atoms with Crippen LogP contribution in [0.3, 0.4) is 0 Å². The van der Waals surface area contributed by atoms with Crippen LogP contribution in [0.15, 0.2) is 52.4 Å². The van der Waals surface area contributed by atoms with Crippen LogP contribution in [0.25, 0.3) is 0 Å². The second kappa shape index (κ2) is 4.84. The fourth-order valence-corrected chi connectivity index (χ4v) is 3.15. The summed E-state index contributed by atoms with van der Waals surface area (Å²) in [7, 11) is 0. The third-order valence-corrected chi connectivity index (χ3v) is 3.85. The van der Waals surface area contributed by atoms with Gasteiger partial charge in [0.1, 0.15) is 5.84 Å². The van der Waals surface area contributed by atoms with E-state index in [1.807, 2.05) is 36.4 Å². The molecule has 2 nitrogen and oxygen atoms in total. The summed E-state index contributed by atoms with van der Waals surface area (Å²) in [6, 6.07) is 13.5. The minimum atomic E-state index is 0.569. The summed E-state index contributed by atoms with van der Waals surface area (Å²) in [4.78, 5) is 5.49. The van der Waals surface area contributed by atoms with E-state index in [0.29, 0.717) is 10.0 Å². The molecule has 0 spiro atoms. The molecule has 0 saturated heterocycles. The largest absolute Gasteiger partial charge is 0.310 e. The van der Waals surface area contributed by atoms with Crippen molar-refractivity contribution in [3.05, 3.63) is 58.1 Å². The van der Waals surface area contributed by atoms with Crippen molar-refractivity contribution < 1.29 is 0 Å². The van der Waals surface area contributed by atoms with E-state index in [2.05, 4.69) is 9.71 Å². The van der Waals surface area contributed by atoms with Crippen LogP contribution in [0.4, 0.5) is 5.69 Å². The van der Waals surface area contributed by atoms with Gasteiger partial charge < -0.3 is 4.72 Å². The van der Waals surface area contributed by atoms with E-state index in [4.69, 9.17) is 23.2 Å². The van der Waals surface area contributed by atoms with E-state index in [-0.39, 0.29) is 0 Å². The zero-order valence-electron chi connectivity index (χ0n) is 9.15. The molecular formula is C13H8Cl2N2S. The number of rotatable bonds is 1. The van der Waals surface area contributed by atoms with Crippen LogP contribution in [0.2, 0.25) is 10.0 Å². The van der Waals surface area contributed by atoms with Crippen LogP contribution >= 0.6 is 35.1 Å². The quantitative estimate of drug-likeness (QED) is 0.772. The molecule has 1 aliphatic rings. The normalized spacial score (nSPS) is 13.6. The molecule has 1 heterocycles. The number of amidine groups is 1. The summed E-state index contributed by atoms with van der Waals surface area (Å²) in [6.07, 6.45) is 0. The van der Waals surface area contributed by atoms with Gasteiger partial charge in [0, 0.05) is 10.6 Å². The number of fused-ring (bicyclic) bond motifs is 1. The zero-order valence-corrected chi connectivity index (χ0v) is 11.5. The molecule has 1 N–H and O–H groups in total. The average molecular weight is 295 g/mol. The van der Waals surface area contributed by atoms with Crippen molar-refractivity contribution in [3.8, 4) is 0 Å². The lowest BCUT2D eigenvalue weighted by Crippen LogP contribution is -2.19. The Kier molecular flexibility index (Phi) is 3.20. The lowest BCUT2D eigenvalue weighted by molar-refractivity contribution is 1.28. The highest BCUT2D eigenvalue weighted by molar-refractivity contribution is 7.98. The predicted molar refractivity (Wildman–Crippen MR) is 78.1 cm³/mol. The van der Waals surface area contributed by atoms with Crippen LogP contribution in [-0.2, 0) is 0 Å². The summed E-state index contributed by atoms with van der Waals surface area (Å²) < 4.78 is 3.20. The fourth-order valence-electron chi connectivity index (χ4n) is 1.69. The third kappa shape index (κ3) is 2.21. The topological polar surface area (TPSA) is 24.4 Å². The van der Waals surface area contributed by atoms with Gasteiger partial charge in [0.2, 0.25) is 0 Å². The van der Waals surface area contributed by atoms with Gasteiger partial charge in [-0.2, -0.15) is 0 Å². The SMILES string of the molecule is Clc1cc(Cl)c2c(c1)SNC(c1ccccc1)=N2. The van der Waals surface area contributed by atoms with E-state index < -0.39 is 0 Å². The Morgan fingerprint density at radius 3 is 2.61 bits per heavy atom. The van der Waals surface area contributed by atoms with E-state index in [9.17, 15) is 0 Å². The molecule has 0 amide bonds. The zero-order chi connectivity index (χ0) is 12.5. The molecule has 2 aromatic rings. The molecule has 18 heavy (non-hydrogen) atoms. The van der Waals surface area contributed by atoms with Gasteiger partial charge in [-0.15, -0.1) is 0 Å². The van der Waals surface area contributed by atoms with Gasteiger partial charge in [-0.1, -0.05) is 53.5 Å². The van der Waals surface area contributed by atoms with Crippen molar-refractivity contribution >= 4 is 46.7 Å². The number of hydrogen-bond acceptors (Lipinski definition) is 3. The molecule has 2 aromatic carbocycles. The molecule has 0 fully saturated rings. The van der Waals surface area contributed by atoms with E-state index >= 15 is 0 Å². The van der Waals surface area contributed by atoms with Crippen LogP contribution in [0.1, 0.15) is 5.56 Å². The summed E-state index contributed by atoms with van der Waals surface area (Å²) >= 11 is 13.6. The molecule has 0 aromatic heterocycles. The lowest BCUT2D eigenvalue weighted by Gasteiger charge is -2.17. The maximum atomic E-state index is 6.17. The summed E-state index contributed by atoms with van der Waals surface area (Å²) in [6.45, 7) is 0. The Morgan fingerprint density at radius 2 is 1.83 bits per heavy atom. The molecule has 0 radical (unpaired) electrons. The standard InChI is InChI=1S/C13H8Cl2N2S/c14-9-6-10(15)12-11(7-9)18-17-13(16-12)8-4-2-1-3-5-8/h1-7H,(H,16,17). The summed E-state index contributed by atoms with van der Waals surface area (Å²) in [5.74, 6) is 0.803. The number of aliphatic imine (C=N–C) groups is 1. The summed E-state index contributed by atoms with van der Waals surface area (Å²) in [5, 5.41) is 1.19. The maximum Gasteiger partial charge on any atom is 0.144 e. The minimum absolute atomic E-state index is 0.569. The Labute approximate surface area is 119 Å². The number of hydrogen-bond donors (Lipinski definition) is 1. The van der Waals surface area contributed by atoms with Crippen molar-refractivity contribution in [1.82, 2.24) is 4.72 Å². The number of benzene rings is 2. The van der Waals surface area contributed by atoms with Gasteiger partial charge in [-0.25, -0.2) is 4.99 Å². The van der Waals surface area contributed by atoms with Gasteiger partial charge in [0.25, 0.3) is 0 Å². The van der Waals surface area contributed by atoms with E-state index in [1.54, 1.807) is 6.07 Å². The van der Waals surface area contributed by atoms with Crippen LogP contribution < -0.4 is 4.72 Å². The smallest absolute Gasteiger partial charge is 0.144 e. The first-order chi connectivity index (χ1) is 8.74. The molecular weight excluding hydrogens is 287 g/mol. The monoisotopic (exact) mass is 294 g/mol. The van der Waals surface area contributed by atoms with E-state index in [1.165, 1.54) is 11.9 Å². The predicted octanol–water partition coefficient (Wildman–Crippen LogP) is 4.68. The molecule has 0 aliphatic carbocycles. The van der Waals surface area contributed by atoms with Gasteiger partial charge >= 0.3 is 0 Å². The number of halogens is 2. The molecule has 3 rings (SSSR count). The summed E-state index contributed by atoms with van der Waals surface area (Å²) in [5.41, 5.74) is 1.80. The van der Waals surface area contributed by atoms with E-state index in [0.717, 1.165) is 22.0 Å². The fraction of sp³-hybridized carbons (Fsp3) is 0. The van der Waals surface area contributed by atoms with Crippen molar-refractivity contribution in [2.24, 2.45) is 4.99 Å². The Hall–Kier alpha value is -1.16. The Balaban J connectivity index is 2.09. The molecule has 0 saturated carbocycles. The van der Waals surface area contributed by atoms with Crippen molar-refractivity contribution in [2.75, 3.05) is 0 Å². The minimum Gasteiger partial charge on any atom is -0.310 e. The highest BCUT2D eigenvalue weighted by Crippen LogP contribution is 2.40. The number of nitrogens with zero attached hydrogens (tertiary/aromatic N) is 1. The second-order valence-electron chi connectivity index (χ2n) is 3.76. The van der Waals surface area contributed by atoms with Crippen molar-refractivity contribution in [3.63, 3.8) is 0 Å². The highest BCUT2D eigenvalue weighted by atomic mass is 35.5. The first kappa shape index (κ1) is 11.9. The van der Waals surface area contributed by atoms with Gasteiger partial charge in [-0.05, 0) is 24.1 Å². The number of nitrogens with one attached hydrogen (secondary N) is 1. The van der Waals surface area contributed by atoms with Crippen LogP contribution in [-0.4, -0.2) is 5.84 Å². The van der Waals surface area contributed by atoms with Gasteiger partial charge in [0.05, 0.1) is 15.6 Å². The van der Waals surface area contributed by atoms with Crippen molar-refractivity contribution in [2.45, 2.75) is 4.90 Å². The first-order valence-corrected chi connectivity index (χ1v) is 6.87. The third-order valence-electron chi connectivity index (χ3n) is 2.52. The average Bonchev–Trinajstić information content (AvgIpc) is 2.39. The molecule has 5 heteroatoms. The molecule has 0 bridgehead atoms. The highest BCUT2D eigenvalue weighted by Gasteiger charge is 2.17. The Bertz CT molecular complexity index is 626. The maximum absolute atomic E-state index is 6.17. The Morgan fingerprint density at radius 1 is 1.06 bits per heavy atom. The molecule has 0 atom stereocenters.